The number of Topliss-reactive ketones (excluding diaryl/α,β-unsaturated/α-hetero) is 1. The maximum Gasteiger partial charge on any atom is 0.326 e. The molecule has 0 aliphatic heterocycles. The molecule has 2 amide bonds. The van der Waals surface area contributed by atoms with Crippen LogP contribution in [0.2, 0.25) is 0 Å². The summed E-state index contributed by atoms with van der Waals surface area (Å²) in [7, 11) is 0. The van der Waals surface area contributed by atoms with Crippen LogP contribution in [-0.4, -0.2) is 29.5 Å². The predicted octanol–water partition coefficient (Wildman–Crippen LogP) is -3.84. The van der Waals surface area contributed by atoms with Gasteiger partial charge in [0.05, 0.1) is 0 Å². The van der Waals surface area contributed by atoms with Crippen LogP contribution in [0.1, 0.15) is 0 Å². The zero-order valence-corrected chi connectivity index (χ0v) is 6.93. The molecule has 0 heterocycles. The maximum atomic E-state index is 10.8. The molecule has 0 rings (SSSR count). The van der Waals surface area contributed by atoms with Crippen molar-refractivity contribution in [1.82, 2.24) is 0 Å². The fourth-order valence-electron chi connectivity index (χ4n) is 0.428. The van der Waals surface area contributed by atoms with E-state index in [1.807, 2.05) is 0 Å². The van der Waals surface area contributed by atoms with Crippen molar-refractivity contribution >= 4 is 29.5 Å². The van der Waals surface area contributed by atoms with E-state index < -0.39 is 29.5 Å². The average Bonchev–Trinajstić information content (AvgIpc) is 2.00. The van der Waals surface area contributed by atoms with Gasteiger partial charge in [-0.25, -0.2) is 0 Å². The number of carbonyl (C=O) groups excluding carboxylic acids is 3. The third kappa shape index (κ3) is 3.80. The lowest BCUT2D eigenvalue weighted by atomic mass is 10.3. The summed E-state index contributed by atoms with van der Waals surface area (Å²) in [4.78, 5) is 37.8. The molecular weight excluding hydrogens is 192 g/mol. The third-order valence-electron chi connectivity index (χ3n) is 0.850. The first-order valence-corrected chi connectivity index (χ1v) is 3.16. The second-order valence-electron chi connectivity index (χ2n) is 2.01. The number of hydrogen-bond acceptors (Lipinski definition) is 3. The van der Waals surface area contributed by atoms with Gasteiger partial charge in [-0.05, 0) is 0 Å². The zero-order chi connectivity index (χ0) is 11.3. The minimum Gasteiger partial charge on any atom is -0.370 e. The Hall–Kier alpha value is -2.45. The number of amides is 2. The fourth-order valence-corrected chi connectivity index (χ4v) is 0.428. The Morgan fingerprint density at radius 2 is 1.00 bits per heavy atom. The van der Waals surface area contributed by atoms with Crippen LogP contribution in [0.3, 0.4) is 0 Å². The number of nitrogens with two attached hydrogens (primary N) is 4. The molecule has 14 heavy (non-hydrogen) atoms. The van der Waals surface area contributed by atoms with E-state index in [-0.39, 0.29) is 0 Å². The minimum atomic E-state index is -1.52. The molecule has 76 valence electrons. The van der Waals surface area contributed by atoms with Gasteiger partial charge in [-0.2, -0.15) is 9.98 Å². The van der Waals surface area contributed by atoms with Gasteiger partial charge in [-0.3, -0.25) is 14.4 Å². The van der Waals surface area contributed by atoms with Crippen molar-refractivity contribution < 1.29 is 14.4 Å². The highest BCUT2D eigenvalue weighted by molar-refractivity contribution is 6.64. The Morgan fingerprint density at radius 3 is 1.21 bits per heavy atom. The molecule has 0 aliphatic rings. The first-order valence-electron chi connectivity index (χ1n) is 3.16. The topological polar surface area (TPSA) is 180 Å². The molecule has 0 radical (unpaired) electrons. The molecule has 0 saturated heterocycles. The molecule has 0 saturated carbocycles. The van der Waals surface area contributed by atoms with Gasteiger partial charge in [0.15, 0.2) is 11.9 Å². The number of carbonyl (C=O) groups is 3. The highest BCUT2D eigenvalue weighted by Crippen LogP contribution is 1.83. The Bertz CT molecular complexity index is 303. The van der Waals surface area contributed by atoms with Crippen molar-refractivity contribution in [2.45, 2.75) is 0 Å². The van der Waals surface area contributed by atoms with Gasteiger partial charge >= 0.3 is 17.6 Å². The lowest BCUT2D eigenvalue weighted by Gasteiger charge is -1.91. The molecule has 0 spiro atoms. The largest absolute Gasteiger partial charge is 0.370 e. The van der Waals surface area contributed by atoms with Crippen LogP contribution in [0.15, 0.2) is 9.98 Å². The van der Waals surface area contributed by atoms with Crippen LogP contribution < -0.4 is 22.9 Å². The smallest absolute Gasteiger partial charge is 0.326 e. The summed E-state index contributed by atoms with van der Waals surface area (Å²) in [5.74, 6) is -5.66. The van der Waals surface area contributed by atoms with E-state index in [9.17, 15) is 14.4 Å². The quantitative estimate of drug-likeness (QED) is 0.152. The lowest BCUT2D eigenvalue weighted by molar-refractivity contribution is -0.143. The number of hydrogen-bond donors (Lipinski definition) is 4. The van der Waals surface area contributed by atoms with Gasteiger partial charge < -0.3 is 22.9 Å². The van der Waals surface area contributed by atoms with Crippen LogP contribution in [0.4, 0.5) is 0 Å². The molecule has 0 aromatic heterocycles. The summed E-state index contributed by atoms with van der Waals surface area (Å²) < 4.78 is 0. The van der Waals surface area contributed by atoms with Gasteiger partial charge in [0.2, 0.25) is 0 Å². The number of ketones is 1. The van der Waals surface area contributed by atoms with E-state index in [4.69, 9.17) is 22.9 Å². The Kier molecular flexibility index (Phi) is 3.75. The fraction of sp³-hybridized carbons (Fsp3) is 0. The SMILES string of the molecule is NC(N)=NC(=O)C(=O)C(=O)N=C(N)N. The molecule has 0 aromatic carbocycles. The summed E-state index contributed by atoms with van der Waals surface area (Å²) in [6, 6.07) is 0. The van der Waals surface area contributed by atoms with Crippen molar-refractivity contribution in [2.75, 3.05) is 0 Å². The lowest BCUT2D eigenvalue weighted by Crippen LogP contribution is -2.31. The summed E-state index contributed by atoms with van der Waals surface area (Å²) in [6.45, 7) is 0. The van der Waals surface area contributed by atoms with E-state index in [1.54, 1.807) is 0 Å². The van der Waals surface area contributed by atoms with E-state index in [0.29, 0.717) is 0 Å². The van der Waals surface area contributed by atoms with Crippen molar-refractivity contribution in [3.63, 3.8) is 0 Å². The Labute approximate surface area is 77.8 Å². The van der Waals surface area contributed by atoms with Crippen LogP contribution >= 0.6 is 0 Å². The molecule has 9 nitrogen and oxygen atoms in total. The van der Waals surface area contributed by atoms with Crippen LogP contribution in [0.5, 0.6) is 0 Å². The van der Waals surface area contributed by atoms with Crippen molar-refractivity contribution in [3.05, 3.63) is 0 Å². The Balaban J connectivity index is 4.66. The molecular formula is C5H8N6O3. The van der Waals surface area contributed by atoms with Crippen molar-refractivity contribution in [3.8, 4) is 0 Å². The van der Waals surface area contributed by atoms with Crippen LogP contribution in [0.25, 0.3) is 0 Å². The Morgan fingerprint density at radius 1 is 0.714 bits per heavy atom. The van der Waals surface area contributed by atoms with Gasteiger partial charge in [0, 0.05) is 0 Å². The van der Waals surface area contributed by atoms with Gasteiger partial charge in [-0.1, -0.05) is 0 Å². The second kappa shape index (κ2) is 4.54. The monoisotopic (exact) mass is 200 g/mol. The molecule has 9 heteroatoms. The standard InChI is InChI=1S/C5H8N6O3/c6-4(7)10-2(13)1(12)3(14)11-5(8)9/h(H4,6,7,10,13)(H4,8,9,11,14). The molecule has 8 N–H and O–H groups in total. The summed E-state index contributed by atoms with van der Waals surface area (Å²) in [5.41, 5.74) is 19.2. The van der Waals surface area contributed by atoms with E-state index in [0.717, 1.165) is 0 Å². The molecule has 0 unspecified atom stereocenters. The van der Waals surface area contributed by atoms with Crippen LogP contribution in [-0.2, 0) is 14.4 Å². The number of aliphatic imine (C=N–C) groups is 2. The summed E-state index contributed by atoms with van der Waals surface area (Å²) >= 11 is 0. The van der Waals surface area contributed by atoms with E-state index >= 15 is 0 Å². The molecule has 0 aliphatic carbocycles. The van der Waals surface area contributed by atoms with Crippen molar-refractivity contribution in [2.24, 2.45) is 32.9 Å². The first-order chi connectivity index (χ1) is 6.34. The van der Waals surface area contributed by atoms with Gasteiger partial charge in [0.25, 0.3) is 0 Å². The predicted molar refractivity (Wildman–Crippen MR) is 46.6 cm³/mol. The summed E-state index contributed by atoms with van der Waals surface area (Å²) in [5, 5.41) is 0. The van der Waals surface area contributed by atoms with Gasteiger partial charge in [0.1, 0.15) is 0 Å². The molecule has 0 fully saturated rings. The highest BCUT2D eigenvalue weighted by atomic mass is 16.2. The number of nitrogens with zero attached hydrogens (tertiary/aromatic N) is 2. The van der Waals surface area contributed by atoms with E-state index in [2.05, 4.69) is 9.98 Å². The second-order valence-corrected chi connectivity index (χ2v) is 2.01. The average molecular weight is 200 g/mol. The zero-order valence-electron chi connectivity index (χ0n) is 6.93. The van der Waals surface area contributed by atoms with Crippen molar-refractivity contribution in [1.29, 1.82) is 0 Å². The van der Waals surface area contributed by atoms with Crippen LogP contribution in [0, 0.1) is 0 Å². The normalized spacial score (nSPS) is 8.57. The maximum absolute atomic E-state index is 10.8. The molecule has 0 atom stereocenters. The van der Waals surface area contributed by atoms with E-state index in [1.165, 1.54) is 0 Å². The first kappa shape index (κ1) is 11.6. The molecule has 0 aromatic rings. The van der Waals surface area contributed by atoms with Gasteiger partial charge in [-0.15, -0.1) is 0 Å². The third-order valence-corrected chi connectivity index (χ3v) is 0.850. The highest BCUT2D eigenvalue weighted by Gasteiger charge is 2.22. The minimum absolute atomic E-state index is 0.638. The summed E-state index contributed by atoms with van der Waals surface area (Å²) in [6.07, 6.45) is 0. The molecule has 0 bridgehead atoms. The number of guanidine groups is 2. The number of rotatable bonds is 2.